The molecule has 19 heavy (non-hydrogen) atoms. The maximum atomic E-state index is 12.5. The summed E-state index contributed by atoms with van der Waals surface area (Å²) < 4.78 is 62.4. The molecule has 1 aromatic carbocycles. The van der Waals surface area contributed by atoms with E-state index in [0.717, 1.165) is 0 Å². The first-order valence-electron chi connectivity index (χ1n) is 5.08. The number of rotatable bonds is 3. The molecule has 3 unspecified atom stereocenters. The smallest absolute Gasteiger partial charge is 0.442 e. The first kappa shape index (κ1) is 13.7. The van der Waals surface area contributed by atoms with Gasteiger partial charge in [0.15, 0.2) is 0 Å². The molecule has 0 radical (unpaired) electrons. The maximum Gasteiger partial charge on any atom is 0.510 e. The van der Waals surface area contributed by atoms with Gasteiger partial charge in [-0.3, -0.25) is 4.57 Å². The van der Waals surface area contributed by atoms with Gasteiger partial charge in [-0.25, -0.2) is 4.79 Å². The van der Waals surface area contributed by atoms with E-state index in [9.17, 15) is 22.5 Å². The average Bonchev–Trinajstić information content (AvgIpc) is 2.72. The molecule has 2 rings (SSSR count). The van der Waals surface area contributed by atoms with Crippen molar-refractivity contribution in [2.75, 3.05) is 0 Å². The Morgan fingerprint density at radius 3 is 2.37 bits per heavy atom. The van der Waals surface area contributed by atoms with Gasteiger partial charge >= 0.3 is 12.3 Å². The Labute approximate surface area is 106 Å². The Morgan fingerprint density at radius 2 is 1.79 bits per heavy atom. The van der Waals surface area contributed by atoms with E-state index in [-0.39, 0.29) is 5.75 Å². The highest BCUT2D eigenvalue weighted by Gasteiger charge is 2.57. The van der Waals surface area contributed by atoms with E-state index >= 15 is 0 Å². The molecule has 1 aliphatic heterocycles. The first-order chi connectivity index (χ1) is 8.88. The van der Waals surface area contributed by atoms with Crippen molar-refractivity contribution in [3.63, 3.8) is 0 Å². The molecule has 0 saturated carbocycles. The van der Waals surface area contributed by atoms with Gasteiger partial charge < -0.3 is 14.0 Å². The van der Waals surface area contributed by atoms with Crippen molar-refractivity contribution in [2.24, 2.45) is 0 Å². The van der Waals surface area contributed by atoms with E-state index < -0.39 is 32.3 Å². The van der Waals surface area contributed by atoms with E-state index in [1.165, 1.54) is 12.1 Å². The monoisotopic (exact) mass is 296 g/mol. The second-order valence-electron chi connectivity index (χ2n) is 3.60. The minimum Gasteiger partial charge on any atom is -0.442 e. The van der Waals surface area contributed by atoms with Crippen molar-refractivity contribution < 1.29 is 36.5 Å². The van der Waals surface area contributed by atoms with Gasteiger partial charge in [-0.1, -0.05) is 18.2 Å². The van der Waals surface area contributed by atoms with Gasteiger partial charge in [0, 0.05) is 0 Å². The van der Waals surface area contributed by atoms with Crippen molar-refractivity contribution in [1.82, 2.24) is 0 Å². The molecule has 0 bridgehead atoms. The first-order valence-corrected chi connectivity index (χ1v) is 6.48. The summed E-state index contributed by atoms with van der Waals surface area (Å²) in [7, 11) is -3.32. The lowest BCUT2D eigenvalue weighted by molar-refractivity contribution is -0.197. The largest absolute Gasteiger partial charge is 0.510 e. The van der Waals surface area contributed by atoms with Gasteiger partial charge in [0.25, 0.3) is 8.03 Å². The summed E-state index contributed by atoms with van der Waals surface area (Å²) in [6.07, 6.45) is -8.95. The standard InChI is InChI=1S/C10H8F3O5P/c11-10(12,13)7-8(17-9(14)16-7)19(15)18-6-4-2-1-3-5-6/h1-5,7-8,19H. The molecule has 1 aliphatic rings. The summed E-state index contributed by atoms with van der Waals surface area (Å²) in [6, 6.07) is 7.61. The van der Waals surface area contributed by atoms with Crippen LogP contribution in [0.25, 0.3) is 0 Å². The van der Waals surface area contributed by atoms with Crippen molar-refractivity contribution in [2.45, 2.75) is 18.1 Å². The van der Waals surface area contributed by atoms with Crippen LogP contribution in [-0.2, 0) is 14.0 Å². The molecule has 0 aromatic heterocycles. The molecule has 1 fully saturated rings. The third-order valence-corrected chi connectivity index (χ3v) is 3.56. The van der Waals surface area contributed by atoms with Crippen LogP contribution >= 0.6 is 8.03 Å². The summed E-state index contributed by atoms with van der Waals surface area (Å²) >= 11 is 0. The molecular weight excluding hydrogens is 288 g/mol. The lowest BCUT2D eigenvalue weighted by Gasteiger charge is -2.17. The SMILES string of the molecule is O=C1OC([PH](=O)Oc2ccccc2)C(C(F)(F)F)O1. The normalized spacial score (nSPS) is 24.5. The number of hydrogen-bond donors (Lipinski definition) is 0. The van der Waals surface area contributed by atoms with Crippen LogP contribution in [-0.4, -0.2) is 24.3 Å². The zero-order valence-electron chi connectivity index (χ0n) is 9.22. The Balaban J connectivity index is 2.11. The molecule has 0 amide bonds. The predicted octanol–water partition coefficient (Wildman–Crippen LogP) is 2.96. The number of halogens is 3. The molecule has 3 atom stereocenters. The van der Waals surface area contributed by atoms with Gasteiger partial charge in [0.2, 0.25) is 11.9 Å². The molecule has 9 heteroatoms. The summed E-state index contributed by atoms with van der Waals surface area (Å²) in [5.74, 6) is -1.85. The number of carbonyl (C=O) groups is 1. The summed E-state index contributed by atoms with van der Waals surface area (Å²) in [6.45, 7) is 0. The summed E-state index contributed by atoms with van der Waals surface area (Å²) in [4.78, 5) is 10.7. The van der Waals surface area contributed by atoms with E-state index in [0.29, 0.717) is 0 Å². The van der Waals surface area contributed by atoms with Crippen LogP contribution in [0.1, 0.15) is 0 Å². The molecule has 1 heterocycles. The average molecular weight is 296 g/mol. The second kappa shape index (κ2) is 5.13. The molecule has 0 spiro atoms. The lowest BCUT2D eigenvalue weighted by atomic mass is 10.3. The molecule has 0 N–H and O–H groups in total. The fraction of sp³-hybridized carbons (Fsp3) is 0.300. The minimum absolute atomic E-state index is 0.121. The van der Waals surface area contributed by atoms with E-state index in [2.05, 4.69) is 9.47 Å². The van der Waals surface area contributed by atoms with E-state index in [4.69, 9.17) is 4.52 Å². The quantitative estimate of drug-likeness (QED) is 0.634. The zero-order chi connectivity index (χ0) is 14.0. The molecule has 5 nitrogen and oxygen atoms in total. The maximum absolute atomic E-state index is 12.5. The number of hydrogen-bond acceptors (Lipinski definition) is 5. The van der Waals surface area contributed by atoms with Crippen LogP contribution in [0.2, 0.25) is 0 Å². The Hall–Kier alpha value is -1.69. The van der Waals surface area contributed by atoms with Crippen molar-refractivity contribution in [3.8, 4) is 5.75 Å². The van der Waals surface area contributed by atoms with Gasteiger partial charge in [0.05, 0.1) is 0 Å². The highest BCUT2D eigenvalue weighted by molar-refractivity contribution is 7.40. The fourth-order valence-electron chi connectivity index (χ4n) is 1.43. The number of benzene rings is 1. The molecule has 1 saturated heterocycles. The topological polar surface area (TPSA) is 61.8 Å². The van der Waals surface area contributed by atoms with Gasteiger partial charge in [-0.2, -0.15) is 13.2 Å². The Bertz CT molecular complexity index is 490. The number of alkyl halides is 3. The third-order valence-electron chi connectivity index (χ3n) is 2.24. The lowest BCUT2D eigenvalue weighted by Crippen LogP contribution is -2.36. The highest BCUT2D eigenvalue weighted by atomic mass is 31.1. The molecular formula is C10H8F3O5P. The summed E-state index contributed by atoms with van der Waals surface area (Å²) in [5.41, 5.74) is 0. The number of ether oxygens (including phenoxy) is 2. The fourth-order valence-corrected chi connectivity index (χ4v) is 2.61. The van der Waals surface area contributed by atoms with E-state index in [1.807, 2.05) is 0 Å². The number of cyclic esters (lactones) is 2. The van der Waals surface area contributed by atoms with Crippen LogP contribution < -0.4 is 4.52 Å². The molecule has 104 valence electrons. The second-order valence-corrected chi connectivity index (χ2v) is 5.01. The summed E-state index contributed by atoms with van der Waals surface area (Å²) in [5, 5.41) is 0. The highest BCUT2D eigenvalue weighted by Crippen LogP contribution is 2.43. The van der Waals surface area contributed by atoms with E-state index in [1.54, 1.807) is 18.2 Å². The Morgan fingerprint density at radius 1 is 1.16 bits per heavy atom. The van der Waals surface area contributed by atoms with Crippen LogP contribution in [0.3, 0.4) is 0 Å². The molecule has 1 aromatic rings. The predicted molar refractivity (Wildman–Crippen MR) is 57.3 cm³/mol. The molecule has 0 aliphatic carbocycles. The minimum atomic E-state index is -4.86. The van der Waals surface area contributed by atoms with Crippen LogP contribution in [0.4, 0.5) is 18.0 Å². The van der Waals surface area contributed by atoms with Gasteiger partial charge in [0.1, 0.15) is 5.75 Å². The number of para-hydroxylation sites is 1. The van der Waals surface area contributed by atoms with Crippen LogP contribution in [0.5, 0.6) is 5.75 Å². The van der Waals surface area contributed by atoms with Crippen LogP contribution in [0, 0.1) is 0 Å². The van der Waals surface area contributed by atoms with Crippen molar-refractivity contribution in [1.29, 1.82) is 0 Å². The van der Waals surface area contributed by atoms with Gasteiger partial charge in [-0.15, -0.1) is 0 Å². The van der Waals surface area contributed by atoms with Crippen molar-refractivity contribution >= 4 is 14.2 Å². The Kier molecular flexibility index (Phi) is 3.71. The van der Waals surface area contributed by atoms with Crippen molar-refractivity contribution in [3.05, 3.63) is 30.3 Å². The third kappa shape index (κ3) is 3.20. The zero-order valence-corrected chi connectivity index (χ0v) is 10.2. The number of carbonyl (C=O) groups excluding carboxylic acids is 1. The van der Waals surface area contributed by atoms with Crippen LogP contribution in [0.15, 0.2) is 30.3 Å². The van der Waals surface area contributed by atoms with Gasteiger partial charge in [-0.05, 0) is 12.1 Å².